The Kier molecular flexibility index (Phi) is 3.40. The predicted octanol–water partition coefficient (Wildman–Crippen LogP) is 4.10. The minimum absolute atomic E-state index is 0.101. The number of ether oxygens (including phenoxy) is 1. The van der Waals surface area contributed by atoms with Crippen LogP contribution in [0.5, 0.6) is 0 Å². The van der Waals surface area contributed by atoms with Crippen molar-refractivity contribution in [2.45, 2.75) is 25.5 Å². The van der Waals surface area contributed by atoms with Gasteiger partial charge in [0.25, 0.3) is 0 Å². The van der Waals surface area contributed by atoms with Crippen LogP contribution in [0.25, 0.3) is 10.9 Å². The van der Waals surface area contributed by atoms with E-state index in [1.165, 1.54) is 11.8 Å². The molecule has 1 aromatic heterocycles. The van der Waals surface area contributed by atoms with Crippen LogP contribution < -0.4 is 0 Å². The van der Waals surface area contributed by atoms with Gasteiger partial charge in [0.1, 0.15) is 3.70 Å². The van der Waals surface area contributed by atoms with Gasteiger partial charge in [0.15, 0.2) is 6.23 Å². The zero-order valence-corrected chi connectivity index (χ0v) is 12.9. The van der Waals surface area contributed by atoms with Gasteiger partial charge in [-0.3, -0.25) is 0 Å². The van der Waals surface area contributed by atoms with Crippen LogP contribution in [0, 0.1) is 3.70 Å². The lowest BCUT2D eigenvalue weighted by Gasteiger charge is -2.23. The molecule has 17 heavy (non-hydrogen) atoms. The summed E-state index contributed by atoms with van der Waals surface area (Å²) in [7, 11) is 0. The molecule has 0 saturated carbocycles. The Bertz CT molecular complexity index is 549. The van der Waals surface area contributed by atoms with Crippen LogP contribution in [0.15, 0.2) is 22.7 Å². The molecule has 1 aromatic carbocycles. The number of aromatic nitrogens is 2. The van der Waals surface area contributed by atoms with Crippen molar-refractivity contribution in [1.82, 2.24) is 9.78 Å². The van der Waals surface area contributed by atoms with Crippen LogP contribution in [-0.2, 0) is 4.74 Å². The maximum atomic E-state index is 5.81. The third kappa shape index (κ3) is 2.24. The first-order valence-corrected chi connectivity index (χ1v) is 7.58. The molecule has 2 heterocycles. The second-order valence-electron chi connectivity index (χ2n) is 4.22. The van der Waals surface area contributed by atoms with E-state index in [1.54, 1.807) is 0 Å². The highest BCUT2D eigenvalue weighted by molar-refractivity contribution is 14.1. The van der Waals surface area contributed by atoms with Gasteiger partial charge >= 0.3 is 0 Å². The van der Waals surface area contributed by atoms with Crippen LogP contribution in [-0.4, -0.2) is 16.4 Å². The first-order valence-electron chi connectivity index (χ1n) is 5.70. The largest absolute Gasteiger partial charge is 0.356 e. The molecule has 3 rings (SSSR count). The zero-order valence-electron chi connectivity index (χ0n) is 9.20. The smallest absolute Gasteiger partial charge is 0.150 e. The lowest BCUT2D eigenvalue weighted by molar-refractivity contribution is -0.0368. The van der Waals surface area contributed by atoms with Crippen molar-refractivity contribution in [3.8, 4) is 0 Å². The lowest BCUT2D eigenvalue weighted by atomic mass is 10.2. The van der Waals surface area contributed by atoms with E-state index in [9.17, 15) is 0 Å². The summed E-state index contributed by atoms with van der Waals surface area (Å²) in [4.78, 5) is 0. The van der Waals surface area contributed by atoms with Gasteiger partial charge in [-0.2, -0.15) is 5.10 Å². The van der Waals surface area contributed by atoms with Crippen molar-refractivity contribution < 1.29 is 4.74 Å². The Morgan fingerprint density at radius 2 is 2.29 bits per heavy atom. The minimum atomic E-state index is 0.101. The molecule has 5 heteroatoms. The van der Waals surface area contributed by atoms with Crippen molar-refractivity contribution in [3.05, 3.63) is 26.4 Å². The van der Waals surface area contributed by atoms with Crippen LogP contribution in [0.3, 0.4) is 0 Å². The van der Waals surface area contributed by atoms with E-state index >= 15 is 0 Å². The van der Waals surface area contributed by atoms with E-state index in [2.05, 4.69) is 61.8 Å². The van der Waals surface area contributed by atoms with E-state index in [0.717, 1.165) is 33.1 Å². The fraction of sp³-hybridized carbons (Fsp3) is 0.417. The Balaban J connectivity index is 2.11. The Morgan fingerprint density at radius 1 is 1.41 bits per heavy atom. The molecule has 0 N–H and O–H groups in total. The normalized spacial score (nSPS) is 20.9. The third-order valence-electron chi connectivity index (χ3n) is 3.05. The highest BCUT2D eigenvalue weighted by Crippen LogP contribution is 2.30. The minimum Gasteiger partial charge on any atom is -0.356 e. The summed E-state index contributed by atoms with van der Waals surface area (Å²) in [6.45, 7) is 0.844. The van der Waals surface area contributed by atoms with Crippen LogP contribution >= 0.6 is 38.5 Å². The topological polar surface area (TPSA) is 27.1 Å². The number of hydrogen-bond acceptors (Lipinski definition) is 2. The molecular formula is C12H12BrIN2O. The molecule has 2 aromatic rings. The highest BCUT2D eigenvalue weighted by Gasteiger charge is 2.20. The third-order valence-corrected chi connectivity index (χ3v) is 4.34. The number of halogens is 2. The fourth-order valence-corrected chi connectivity index (χ4v) is 3.24. The van der Waals surface area contributed by atoms with E-state index < -0.39 is 0 Å². The molecule has 1 atom stereocenters. The van der Waals surface area contributed by atoms with Gasteiger partial charge in [-0.1, -0.05) is 15.9 Å². The monoisotopic (exact) mass is 406 g/mol. The first kappa shape index (κ1) is 11.9. The van der Waals surface area contributed by atoms with Gasteiger partial charge in [-0.05, 0) is 60.1 Å². The SMILES string of the molecule is Brc1ccc2c(I)nn(C3CCCCO3)c2c1. The average Bonchev–Trinajstić information content (AvgIpc) is 2.67. The zero-order chi connectivity index (χ0) is 11.8. The Hall–Kier alpha value is -0.140. The highest BCUT2D eigenvalue weighted by atomic mass is 127. The lowest BCUT2D eigenvalue weighted by Crippen LogP contribution is -2.19. The number of benzene rings is 1. The number of nitrogens with zero attached hydrogens (tertiary/aromatic N) is 2. The summed E-state index contributed by atoms with van der Waals surface area (Å²) in [6, 6.07) is 6.27. The van der Waals surface area contributed by atoms with E-state index in [0.29, 0.717) is 0 Å². The quantitative estimate of drug-likeness (QED) is 0.666. The van der Waals surface area contributed by atoms with Crippen molar-refractivity contribution >= 4 is 49.4 Å². The van der Waals surface area contributed by atoms with E-state index in [4.69, 9.17) is 4.74 Å². The van der Waals surface area contributed by atoms with E-state index in [1.807, 2.05) is 4.68 Å². The summed E-state index contributed by atoms with van der Waals surface area (Å²) in [5, 5.41) is 5.81. The Labute approximate surface area is 122 Å². The molecule has 1 unspecified atom stereocenters. The van der Waals surface area contributed by atoms with Crippen LogP contribution in [0.4, 0.5) is 0 Å². The molecule has 0 bridgehead atoms. The van der Waals surface area contributed by atoms with Crippen molar-refractivity contribution in [2.24, 2.45) is 0 Å². The van der Waals surface area contributed by atoms with Crippen LogP contribution in [0.2, 0.25) is 0 Å². The number of hydrogen-bond donors (Lipinski definition) is 0. The molecule has 0 aliphatic carbocycles. The molecule has 1 aliphatic rings. The average molecular weight is 407 g/mol. The molecule has 1 saturated heterocycles. The van der Waals surface area contributed by atoms with Gasteiger partial charge in [-0.25, -0.2) is 4.68 Å². The molecule has 0 amide bonds. The molecule has 1 fully saturated rings. The molecular weight excluding hydrogens is 395 g/mol. The number of rotatable bonds is 1. The molecule has 1 aliphatic heterocycles. The fourth-order valence-electron chi connectivity index (χ4n) is 2.21. The predicted molar refractivity (Wildman–Crippen MR) is 79.0 cm³/mol. The summed E-state index contributed by atoms with van der Waals surface area (Å²) in [6.07, 6.45) is 3.54. The van der Waals surface area contributed by atoms with Crippen LogP contribution in [0.1, 0.15) is 25.5 Å². The summed E-state index contributed by atoms with van der Waals surface area (Å²) < 4.78 is 9.96. The van der Waals surface area contributed by atoms with Gasteiger partial charge in [0.05, 0.1) is 5.52 Å². The molecule has 0 spiro atoms. The summed E-state index contributed by atoms with van der Waals surface area (Å²) in [5.41, 5.74) is 1.15. The van der Waals surface area contributed by atoms with Crippen molar-refractivity contribution in [1.29, 1.82) is 0 Å². The molecule has 0 radical (unpaired) electrons. The van der Waals surface area contributed by atoms with Gasteiger partial charge < -0.3 is 4.74 Å². The maximum Gasteiger partial charge on any atom is 0.150 e. The summed E-state index contributed by atoms with van der Waals surface area (Å²) in [5.74, 6) is 0. The van der Waals surface area contributed by atoms with Crippen molar-refractivity contribution in [3.63, 3.8) is 0 Å². The second-order valence-corrected chi connectivity index (χ2v) is 6.16. The van der Waals surface area contributed by atoms with Gasteiger partial charge in [0, 0.05) is 16.5 Å². The van der Waals surface area contributed by atoms with Crippen molar-refractivity contribution in [2.75, 3.05) is 6.61 Å². The van der Waals surface area contributed by atoms with E-state index in [-0.39, 0.29) is 6.23 Å². The Morgan fingerprint density at radius 3 is 3.06 bits per heavy atom. The first-order chi connectivity index (χ1) is 8.25. The molecule has 3 nitrogen and oxygen atoms in total. The maximum absolute atomic E-state index is 5.81. The standard InChI is InChI=1S/C12H12BrIN2O/c13-8-4-5-9-10(7-8)16(15-12(9)14)11-3-1-2-6-17-11/h4-5,7,11H,1-3,6H2. The number of fused-ring (bicyclic) bond motifs is 1. The second kappa shape index (κ2) is 4.85. The molecule has 90 valence electrons. The van der Waals surface area contributed by atoms with Gasteiger partial charge in [0.2, 0.25) is 0 Å². The summed E-state index contributed by atoms with van der Waals surface area (Å²) >= 11 is 5.80. The van der Waals surface area contributed by atoms with Gasteiger partial charge in [-0.15, -0.1) is 0 Å².